The molecule has 0 aromatic rings. The standard InChI is InChI=1S/C9H18N4/c1-7(2)13-5-4-9(12-11-3)8(10)6-13/h7,12H,3-6,10H2,1-2H3. The topological polar surface area (TPSA) is 53.6 Å². The van der Waals surface area contributed by atoms with Crippen LogP contribution in [0.3, 0.4) is 0 Å². The van der Waals surface area contributed by atoms with Gasteiger partial charge in [-0.15, -0.1) is 0 Å². The molecule has 74 valence electrons. The average Bonchev–Trinajstić information content (AvgIpc) is 2.08. The maximum atomic E-state index is 5.88. The fourth-order valence-electron chi connectivity index (χ4n) is 1.47. The van der Waals surface area contributed by atoms with Gasteiger partial charge >= 0.3 is 0 Å². The highest BCUT2D eigenvalue weighted by molar-refractivity contribution is 5.24. The number of nitrogens with one attached hydrogen (secondary N) is 1. The van der Waals surface area contributed by atoms with Crippen LogP contribution in [-0.4, -0.2) is 30.7 Å². The van der Waals surface area contributed by atoms with Crippen molar-refractivity contribution in [3.05, 3.63) is 11.4 Å². The quantitative estimate of drug-likeness (QED) is 0.493. The van der Waals surface area contributed by atoms with E-state index in [1.165, 1.54) is 0 Å². The van der Waals surface area contributed by atoms with Crippen molar-refractivity contribution >= 4 is 6.72 Å². The van der Waals surface area contributed by atoms with E-state index in [2.05, 4.69) is 36.0 Å². The predicted molar refractivity (Wildman–Crippen MR) is 55.2 cm³/mol. The summed E-state index contributed by atoms with van der Waals surface area (Å²) >= 11 is 0. The van der Waals surface area contributed by atoms with Crippen LogP contribution in [0, 0.1) is 0 Å². The van der Waals surface area contributed by atoms with Gasteiger partial charge in [0, 0.05) is 38.0 Å². The molecule has 0 spiro atoms. The van der Waals surface area contributed by atoms with Gasteiger partial charge in [0.15, 0.2) is 0 Å². The van der Waals surface area contributed by atoms with Crippen molar-refractivity contribution in [1.29, 1.82) is 0 Å². The van der Waals surface area contributed by atoms with Gasteiger partial charge in [0.05, 0.1) is 5.70 Å². The third kappa shape index (κ3) is 2.45. The summed E-state index contributed by atoms with van der Waals surface area (Å²) in [7, 11) is 0. The first-order valence-electron chi connectivity index (χ1n) is 4.58. The van der Waals surface area contributed by atoms with Crippen LogP contribution in [0.25, 0.3) is 0 Å². The number of hydrazone groups is 1. The minimum Gasteiger partial charge on any atom is -0.400 e. The van der Waals surface area contributed by atoms with Crippen LogP contribution in [0.5, 0.6) is 0 Å². The summed E-state index contributed by atoms with van der Waals surface area (Å²) in [5, 5.41) is 3.62. The smallest absolute Gasteiger partial charge is 0.0548 e. The fraction of sp³-hybridized carbons (Fsp3) is 0.667. The lowest BCUT2D eigenvalue weighted by Gasteiger charge is -2.31. The normalized spacial score (nSPS) is 19.3. The number of nitrogens with two attached hydrogens (primary N) is 1. The molecule has 13 heavy (non-hydrogen) atoms. The number of rotatable bonds is 3. The van der Waals surface area contributed by atoms with E-state index < -0.39 is 0 Å². The van der Waals surface area contributed by atoms with Crippen LogP contribution in [0.15, 0.2) is 16.5 Å². The van der Waals surface area contributed by atoms with E-state index in [1.54, 1.807) is 0 Å². The Labute approximate surface area is 79.5 Å². The summed E-state index contributed by atoms with van der Waals surface area (Å²) in [4.78, 5) is 2.34. The first-order valence-corrected chi connectivity index (χ1v) is 4.58. The van der Waals surface area contributed by atoms with Gasteiger partial charge in [-0.3, -0.25) is 10.3 Å². The van der Waals surface area contributed by atoms with Crippen LogP contribution < -0.4 is 11.2 Å². The molecule has 0 aromatic heterocycles. The molecular formula is C9H18N4. The van der Waals surface area contributed by atoms with Crippen molar-refractivity contribution in [2.24, 2.45) is 10.8 Å². The Morgan fingerprint density at radius 3 is 2.77 bits per heavy atom. The minimum absolute atomic E-state index is 0.553. The van der Waals surface area contributed by atoms with E-state index in [4.69, 9.17) is 5.73 Å². The second-order valence-corrected chi connectivity index (χ2v) is 3.59. The summed E-state index contributed by atoms with van der Waals surface area (Å²) in [5.41, 5.74) is 10.6. The molecule has 4 nitrogen and oxygen atoms in total. The van der Waals surface area contributed by atoms with Gasteiger partial charge in [-0.2, -0.15) is 5.10 Å². The molecule has 1 heterocycles. The molecule has 0 bridgehead atoms. The molecule has 0 fully saturated rings. The molecule has 0 saturated carbocycles. The lowest BCUT2D eigenvalue weighted by molar-refractivity contribution is 0.228. The van der Waals surface area contributed by atoms with Crippen molar-refractivity contribution in [2.45, 2.75) is 26.3 Å². The third-order valence-corrected chi connectivity index (χ3v) is 2.35. The molecule has 0 saturated heterocycles. The molecule has 0 radical (unpaired) electrons. The summed E-state index contributed by atoms with van der Waals surface area (Å²) in [6, 6.07) is 0.553. The van der Waals surface area contributed by atoms with Gasteiger partial charge in [0.25, 0.3) is 0 Å². The molecule has 4 heteroatoms. The monoisotopic (exact) mass is 182 g/mol. The zero-order chi connectivity index (χ0) is 9.84. The summed E-state index contributed by atoms with van der Waals surface area (Å²) < 4.78 is 0. The van der Waals surface area contributed by atoms with E-state index in [0.717, 1.165) is 30.9 Å². The van der Waals surface area contributed by atoms with Gasteiger partial charge < -0.3 is 5.73 Å². The second-order valence-electron chi connectivity index (χ2n) is 3.59. The summed E-state index contributed by atoms with van der Waals surface area (Å²) in [5.74, 6) is 0. The zero-order valence-corrected chi connectivity index (χ0v) is 8.38. The van der Waals surface area contributed by atoms with Crippen molar-refractivity contribution in [1.82, 2.24) is 10.3 Å². The molecule has 3 N–H and O–H groups in total. The number of nitrogens with zero attached hydrogens (tertiary/aromatic N) is 2. The molecular weight excluding hydrogens is 164 g/mol. The van der Waals surface area contributed by atoms with E-state index >= 15 is 0 Å². The lowest BCUT2D eigenvalue weighted by atomic mass is 10.1. The summed E-state index contributed by atoms with van der Waals surface area (Å²) in [6.45, 7) is 9.60. The Hall–Kier alpha value is -1.03. The minimum atomic E-state index is 0.553. The first-order chi connectivity index (χ1) is 6.15. The number of hydrogen-bond acceptors (Lipinski definition) is 4. The van der Waals surface area contributed by atoms with Crippen LogP contribution in [0.4, 0.5) is 0 Å². The first kappa shape index (κ1) is 10.1. The van der Waals surface area contributed by atoms with Crippen molar-refractivity contribution in [2.75, 3.05) is 13.1 Å². The predicted octanol–water partition coefficient (Wildman–Crippen LogP) is 0.476. The van der Waals surface area contributed by atoms with Crippen molar-refractivity contribution in [3.8, 4) is 0 Å². The van der Waals surface area contributed by atoms with Gasteiger partial charge in [-0.1, -0.05) is 0 Å². The molecule has 1 rings (SSSR count). The Morgan fingerprint density at radius 2 is 2.31 bits per heavy atom. The van der Waals surface area contributed by atoms with Gasteiger partial charge in [0.1, 0.15) is 0 Å². The molecule has 1 aliphatic rings. The van der Waals surface area contributed by atoms with Crippen LogP contribution in [0.1, 0.15) is 20.3 Å². The summed E-state index contributed by atoms with van der Waals surface area (Å²) in [6.07, 6.45) is 0.934. The van der Waals surface area contributed by atoms with Crippen LogP contribution in [0.2, 0.25) is 0 Å². The highest BCUT2D eigenvalue weighted by Crippen LogP contribution is 2.14. The van der Waals surface area contributed by atoms with E-state index in [-0.39, 0.29) is 0 Å². The van der Waals surface area contributed by atoms with Gasteiger partial charge in [0.2, 0.25) is 0 Å². The number of hydrogen-bond donors (Lipinski definition) is 2. The molecule has 0 aromatic carbocycles. The lowest BCUT2D eigenvalue weighted by Crippen LogP contribution is -2.40. The second kappa shape index (κ2) is 4.28. The molecule has 0 unspecified atom stereocenters. The molecule has 0 atom stereocenters. The van der Waals surface area contributed by atoms with E-state index in [0.29, 0.717) is 6.04 Å². The maximum absolute atomic E-state index is 5.88. The van der Waals surface area contributed by atoms with Crippen molar-refractivity contribution < 1.29 is 0 Å². The van der Waals surface area contributed by atoms with E-state index in [9.17, 15) is 0 Å². The Bertz CT molecular complexity index is 220. The molecule has 1 aliphatic heterocycles. The van der Waals surface area contributed by atoms with E-state index in [1.807, 2.05) is 0 Å². The highest BCUT2D eigenvalue weighted by atomic mass is 15.3. The van der Waals surface area contributed by atoms with Crippen molar-refractivity contribution in [3.63, 3.8) is 0 Å². The Kier molecular flexibility index (Phi) is 3.31. The van der Waals surface area contributed by atoms with Gasteiger partial charge in [-0.25, -0.2) is 0 Å². The SMILES string of the molecule is C=NNC1=C(N)CN(C(C)C)CC1. The average molecular weight is 182 g/mol. The maximum Gasteiger partial charge on any atom is 0.0548 e. The largest absolute Gasteiger partial charge is 0.400 e. The zero-order valence-electron chi connectivity index (χ0n) is 8.38. The van der Waals surface area contributed by atoms with Gasteiger partial charge in [-0.05, 0) is 13.8 Å². The highest BCUT2D eigenvalue weighted by Gasteiger charge is 2.18. The van der Waals surface area contributed by atoms with Crippen LogP contribution >= 0.6 is 0 Å². The Morgan fingerprint density at radius 1 is 1.62 bits per heavy atom. The molecule has 0 amide bonds. The Balaban J connectivity index is 2.60. The van der Waals surface area contributed by atoms with Crippen LogP contribution in [-0.2, 0) is 0 Å². The third-order valence-electron chi connectivity index (χ3n) is 2.35. The molecule has 0 aliphatic carbocycles. The fourth-order valence-corrected chi connectivity index (χ4v) is 1.47.